The van der Waals surface area contributed by atoms with Gasteiger partial charge >= 0.3 is 5.97 Å². The molecule has 152 valence electrons. The first-order valence-electron chi connectivity index (χ1n) is 8.72. The van der Waals surface area contributed by atoms with Crippen LogP contribution < -0.4 is 9.47 Å². The van der Waals surface area contributed by atoms with E-state index in [2.05, 4.69) is 15.9 Å². The molecule has 0 radical (unpaired) electrons. The van der Waals surface area contributed by atoms with Gasteiger partial charge in [0.1, 0.15) is 18.1 Å². The fourth-order valence-corrected chi connectivity index (χ4v) is 3.06. The summed E-state index contributed by atoms with van der Waals surface area (Å²) in [5.74, 6) is 0.151. The average Bonchev–Trinajstić information content (AvgIpc) is 2.73. The molecule has 0 aliphatic carbocycles. The van der Waals surface area contributed by atoms with Gasteiger partial charge in [-0.3, -0.25) is 10.1 Å². The molecule has 0 saturated heterocycles. The molecule has 0 fully saturated rings. The molecule has 0 N–H and O–H groups in total. The summed E-state index contributed by atoms with van der Waals surface area (Å²) < 4.78 is 11.9. The van der Waals surface area contributed by atoms with Crippen molar-refractivity contribution in [1.29, 1.82) is 0 Å². The van der Waals surface area contributed by atoms with Crippen molar-refractivity contribution in [2.45, 2.75) is 6.61 Å². The zero-order chi connectivity index (χ0) is 21.5. The van der Waals surface area contributed by atoms with E-state index in [4.69, 9.17) is 21.1 Å². The van der Waals surface area contributed by atoms with Crippen LogP contribution >= 0.6 is 27.5 Å². The van der Waals surface area contributed by atoms with E-state index in [9.17, 15) is 14.9 Å². The molecule has 3 aromatic rings. The molecule has 0 aliphatic rings. The number of carbonyl (C=O) groups excluding carboxylic acids is 1. The number of rotatable bonds is 7. The number of nitro benzene ring substituents is 1. The molecule has 0 amide bonds. The van der Waals surface area contributed by atoms with E-state index < -0.39 is 10.9 Å². The fraction of sp³-hybridized carbons (Fsp3) is 0.0455. The summed E-state index contributed by atoms with van der Waals surface area (Å²) in [5, 5.41) is 11.3. The summed E-state index contributed by atoms with van der Waals surface area (Å²) in [6.07, 6.45) is 2.83. The van der Waals surface area contributed by atoms with Gasteiger partial charge in [-0.25, -0.2) is 4.79 Å². The molecular formula is C22H15BrClNO5. The maximum atomic E-state index is 12.1. The van der Waals surface area contributed by atoms with E-state index in [0.29, 0.717) is 16.3 Å². The van der Waals surface area contributed by atoms with Gasteiger partial charge in [-0.15, -0.1) is 0 Å². The number of ether oxygens (including phenoxy) is 2. The first-order valence-corrected chi connectivity index (χ1v) is 9.89. The quantitative estimate of drug-likeness (QED) is 0.130. The van der Waals surface area contributed by atoms with E-state index in [0.717, 1.165) is 10.0 Å². The number of carbonyl (C=O) groups is 1. The van der Waals surface area contributed by atoms with E-state index in [1.165, 1.54) is 30.3 Å². The second kappa shape index (κ2) is 10.0. The molecule has 0 aliphatic heterocycles. The molecule has 30 heavy (non-hydrogen) atoms. The predicted molar refractivity (Wildman–Crippen MR) is 118 cm³/mol. The van der Waals surface area contributed by atoms with Crippen LogP contribution in [0.15, 0.2) is 77.3 Å². The van der Waals surface area contributed by atoms with E-state index in [1.807, 2.05) is 24.3 Å². The Hall–Kier alpha value is -3.16. The molecular weight excluding hydrogens is 474 g/mol. The Bertz CT molecular complexity index is 1100. The molecule has 0 saturated carbocycles. The van der Waals surface area contributed by atoms with Crippen LogP contribution in [0.2, 0.25) is 5.02 Å². The van der Waals surface area contributed by atoms with Crippen LogP contribution in [0.25, 0.3) is 6.08 Å². The van der Waals surface area contributed by atoms with Gasteiger partial charge in [-0.05, 0) is 42.5 Å². The number of non-ortho nitro benzene ring substituents is 1. The Balaban J connectivity index is 1.69. The average molecular weight is 489 g/mol. The van der Waals surface area contributed by atoms with Crippen molar-refractivity contribution in [1.82, 2.24) is 0 Å². The van der Waals surface area contributed by atoms with Crippen LogP contribution in [0.3, 0.4) is 0 Å². The first-order chi connectivity index (χ1) is 14.4. The van der Waals surface area contributed by atoms with Gasteiger partial charge in [0, 0.05) is 38.8 Å². The Kier molecular flexibility index (Phi) is 7.21. The van der Waals surface area contributed by atoms with Crippen molar-refractivity contribution < 1.29 is 19.2 Å². The van der Waals surface area contributed by atoms with Gasteiger partial charge in [0.2, 0.25) is 0 Å². The van der Waals surface area contributed by atoms with Gasteiger partial charge in [-0.1, -0.05) is 45.7 Å². The van der Waals surface area contributed by atoms with Gasteiger partial charge < -0.3 is 9.47 Å². The third kappa shape index (κ3) is 5.92. The Morgan fingerprint density at radius 2 is 1.83 bits per heavy atom. The maximum Gasteiger partial charge on any atom is 0.336 e. The molecule has 0 bridgehead atoms. The number of hydrogen-bond acceptors (Lipinski definition) is 5. The number of esters is 1. The highest BCUT2D eigenvalue weighted by molar-refractivity contribution is 9.10. The van der Waals surface area contributed by atoms with Crippen molar-refractivity contribution in [3.8, 4) is 11.5 Å². The zero-order valence-corrected chi connectivity index (χ0v) is 17.8. The third-order valence-electron chi connectivity index (χ3n) is 3.98. The van der Waals surface area contributed by atoms with Gasteiger partial charge in [-0.2, -0.15) is 0 Å². The smallest absolute Gasteiger partial charge is 0.336 e. The number of nitrogens with zero attached hydrogens (tertiary/aromatic N) is 1. The van der Waals surface area contributed by atoms with Crippen molar-refractivity contribution in [2.75, 3.05) is 0 Å². The topological polar surface area (TPSA) is 78.7 Å². The zero-order valence-electron chi connectivity index (χ0n) is 15.5. The van der Waals surface area contributed by atoms with Crippen LogP contribution in [0.1, 0.15) is 11.1 Å². The SMILES string of the molecule is O=C(/C=C/c1cc(Br)ccc1OCc1ccccc1Cl)Oc1ccc([N+](=O)[O-])cc1. The molecule has 3 rings (SSSR count). The van der Waals surface area contributed by atoms with Crippen molar-refractivity contribution in [3.63, 3.8) is 0 Å². The molecule has 0 atom stereocenters. The third-order valence-corrected chi connectivity index (χ3v) is 4.84. The van der Waals surface area contributed by atoms with Crippen LogP contribution in [0.4, 0.5) is 5.69 Å². The lowest BCUT2D eigenvalue weighted by atomic mass is 10.2. The molecule has 0 spiro atoms. The Morgan fingerprint density at radius 1 is 1.10 bits per heavy atom. The first kappa shape index (κ1) is 21.5. The minimum atomic E-state index is -0.624. The number of halogens is 2. The van der Waals surface area contributed by atoms with Crippen molar-refractivity contribution in [3.05, 3.63) is 104 Å². The minimum absolute atomic E-state index is 0.0835. The summed E-state index contributed by atoms with van der Waals surface area (Å²) in [6.45, 7) is 0.273. The highest BCUT2D eigenvalue weighted by atomic mass is 79.9. The summed E-state index contributed by atoms with van der Waals surface area (Å²) in [4.78, 5) is 22.3. The van der Waals surface area contributed by atoms with Gasteiger partial charge in [0.25, 0.3) is 5.69 Å². The van der Waals surface area contributed by atoms with Crippen LogP contribution in [0, 0.1) is 10.1 Å². The van der Waals surface area contributed by atoms with Crippen molar-refractivity contribution in [2.24, 2.45) is 0 Å². The molecule has 0 heterocycles. The van der Waals surface area contributed by atoms with Gasteiger partial charge in [0.15, 0.2) is 0 Å². The fourth-order valence-electron chi connectivity index (χ4n) is 2.50. The summed E-state index contributed by atoms with van der Waals surface area (Å²) in [5.41, 5.74) is 1.42. The molecule has 8 heteroatoms. The van der Waals surface area contributed by atoms with E-state index >= 15 is 0 Å². The lowest BCUT2D eigenvalue weighted by Gasteiger charge is -2.11. The van der Waals surface area contributed by atoms with Crippen molar-refractivity contribution >= 4 is 45.3 Å². The standard InChI is InChI=1S/C22H15BrClNO5/c23-17-6-11-21(29-14-16-3-1-2-4-20(16)24)15(13-17)5-12-22(26)30-19-9-7-18(8-10-19)25(27)28/h1-13H,14H2/b12-5+. The lowest BCUT2D eigenvalue weighted by Crippen LogP contribution is -2.04. The molecule has 6 nitrogen and oxygen atoms in total. The number of benzene rings is 3. The molecule has 0 aromatic heterocycles. The summed E-state index contributed by atoms with van der Waals surface area (Å²) in [6, 6.07) is 18.0. The predicted octanol–water partition coefficient (Wildman–Crippen LogP) is 6.21. The van der Waals surface area contributed by atoms with E-state index in [-0.39, 0.29) is 18.0 Å². The summed E-state index contributed by atoms with van der Waals surface area (Å²) in [7, 11) is 0. The lowest BCUT2D eigenvalue weighted by molar-refractivity contribution is -0.384. The van der Waals surface area contributed by atoms with Gasteiger partial charge in [0.05, 0.1) is 4.92 Å². The Labute approximate surface area is 186 Å². The van der Waals surface area contributed by atoms with Crippen LogP contribution in [0.5, 0.6) is 11.5 Å². The number of hydrogen-bond donors (Lipinski definition) is 0. The van der Waals surface area contributed by atoms with Crippen LogP contribution in [-0.4, -0.2) is 10.9 Å². The summed E-state index contributed by atoms with van der Waals surface area (Å²) >= 11 is 9.56. The minimum Gasteiger partial charge on any atom is -0.488 e. The number of nitro groups is 1. The normalized spacial score (nSPS) is 10.7. The van der Waals surface area contributed by atoms with Crippen LogP contribution in [-0.2, 0) is 11.4 Å². The largest absolute Gasteiger partial charge is 0.488 e. The monoisotopic (exact) mass is 487 g/mol. The second-order valence-corrected chi connectivity index (χ2v) is 7.39. The second-order valence-electron chi connectivity index (χ2n) is 6.07. The van der Waals surface area contributed by atoms with E-state index in [1.54, 1.807) is 24.3 Å². The highest BCUT2D eigenvalue weighted by Crippen LogP contribution is 2.27. The Morgan fingerprint density at radius 3 is 2.53 bits per heavy atom. The molecule has 3 aromatic carbocycles. The maximum absolute atomic E-state index is 12.1. The molecule has 0 unspecified atom stereocenters. The highest BCUT2D eigenvalue weighted by Gasteiger charge is 2.08.